The lowest BCUT2D eigenvalue weighted by Crippen LogP contribution is -2.59. The summed E-state index contributed by atoms with van der Waals surface area (Å²) in [6.45, 7) is 7.38. The van der Waals surface area contributed by atoms with Crippen LogP contribution in [0.3, 0.4) is 0 Å². The van der Waals surface area contributed by atoms with E-state index < -0.39 is 9.84 Å². The first-order valence-corrected chi connectivity index (χ1v) is 9.47. The van der Waals surface area contributed by atoms with Crippen LogP contribution in [0.15, 0.2) is 0 Å². The number of likely N-dealkylation sites (tertiary alicyclic amines) is 1. The molecule has 1 aliphatic carbocycles. The van der Waals surface area contributed by atoms with Crippen molar-refractivity contribution >= 4 is 15.7 Å². The van der Waals surface area contributed by atoms with E-state index in [-0.39, 0.29) is 34.3 Å². The lowest BCUT2D eigenvalue weighted by atomic mass is 9.74. The van der Waals surface area contributed by atoms with Gasteiger partial charge >= 0.3 is 0 Å². The van der Waals surface area contributed by atoms with Crippen LogP contribution in [-0.2, 0) is 14.6 Å². The zero-order valence-corrected chi connectivity index (χ0v) is 13.5. The van der Waals surface area contributed by atoms with Gasteiger partial charge in [-0.2, -0.15) is 0 Å². The number of sulfone groups is 1. The molecule has 0 aromatic rings. The Bertz CT molecular complexity index is 539. The monoisotopic (exact) mass is 299 g/mol. The normalized spacial score (nSPS) is 41.9. The lowest BCUT2D eigenvalue weighted by Gasteiger charge is -2.50. The Hall–Kier alpha value is -0.580. The maximum absolute atomic E-state index is 12.8. The molecule has 20 heavy (non-hydrogen) atoms. The fraction of sp³-hybridized carbons (Fsp3) is 0.933. The van der Waals surface area contributed by atoms with Gasteiger partial charge in [0.1, 0.15) is 0 Å². The molecule has 3 rings (SSSR count). The Morgan fingerprint density at radius 3 is 2.50 bits per heavy atom. The highest BCUT2D eigenvalue weighted by Crippen LogP contribution is 2.53. The van der Waals surface area contributed by atoms with Gasteiger partial charge in [-0.3, -0.25) is 4.79 Å². The van der Waals surface area contributed by atoms with Gasteiger partial charge in [-0.15, -0.1) is 0 Å². The van der Waals surface area contributed by atoms with Gasteiger partial charge in [-0.05, 0) is 50.9 Å². The third kappa shape index (κ3) is 2.18. The SMILES string of the molecule is CC1(C)[C@H]2CC[C@](C)(C2)CN1C(=O)C1CCS(=O)(=O)C1. The number of hydrogen-bond acceptors (Lipinski definition) is 3. The molecule has 2 heterocycles. The van der Waals surface area contributed by atoms with E-state index in [0.717, 1.165) is 6.54 Å². The largest absolute Gasteiger partial charge is 0.336 e. The second-order valence-corrected chi connectivity index (χ2v) is 10.2. The first kappa shape index (κ1) is 14.4. The zero-order chi connectivity index (χ0) is 14.8. The molecule has 4 nitrogen and oxygen atoms in total. The summed E-state index contributed by atoms with van der Waals surface area (Å²) in [7, 11) is -2.99. The van der Waals surface area contributed by atoms with E-state index in [0.29, 0.717) is 12.3 Å². The Morgan fingerprint density at radius 1 is 1.20 bits per heavy atom. The van der Waals surface area contributed by atoms with E-state index >= 15 is 0 Å². The van der Waals surface area contributed by atoms with Crippen LogP contribution in [0.5, 0.6) is 0 Å². The molecule has 2 saturated heterocycles. The Labute approximate surface area is 121 Å². The highest BCUT2D eigenvalue weighted by molar-refractivity contribution is 7.91. The Morgan fingerprint density at radius 2 is 1.90 bits per heavy atom. The maximum Gasteiger partial charge on any atom is 0.227 e. The molecule has 3 atom stereocenters. The molecular formula is C15H25NO3S. The topological polar surface area (TPSA) is 54.5 Å². The summed E-state index contributed by atoms with van der Waals surface area (Å²) >= 11 is 0. The van der Waals surface area contributed by atoms with Crippen LogP contribution >= 0.6 is 0 Å². The number of rotatable bonds is 1. The minimum Gasteiger partial charge on any atom is -0.336 e. The molecule has 0 aromatic heterocycles. The maximum atomic E-state index is 12.8. The van der Waals surface area contributed by atoms with Crippen LogP contribution in [0.1, 0.15) is 46.5 Å². The van der Waals surface area contributed by atoms with Gasteiger partial charge in [0.05, 0.1) is 17.4 Å². The molecule has 3 fully saturated rings. The minimum absolute atomic E-state index is 0.0554. The smallest absolute Gasteiger partial charge is 0.227 e. The number of amides is 1. The van der Waals surface area contributed by atoms with Gasteiger partial charge < -0.3 is 4.90 Å². The van der Waals surface area contributed by atoms with Crippen molar-refractivity contribution in [2.45, 2.75) is 52.0 Å². The summed E-state index contributed by atoms with van der Waals surface area (Å²) in [6, 6.07) is 0. The van der Waals surface area contributed by atoms with Crippen molar-refractivity contribution < 1.29 is 13.2 Å². The van der Waals surface area contributed by atoms with Gasteiger partial charge in [0.25, 0.3) is 0 Å². The molecule has 1 amide bonds. The average Bonchev–Trinajstić information content (AvgIpc) is 2.87. The summed E-state index contributed by atoms with van der Waals surface area (Å²) in [5.74, 6) is 0.565. The number of hydrogen-bond donors (Lipinski definition) is 0. The fourth-order valence-corrected chi connectivity index (χ4v) is 6.18. The van der Waals surface area contributed by atoms with Crippen molar-refractivity contribution in [3.8, 4) is 0 Å². The summed E-state index contributed by atoms with van der Waals surface area (Å²) in [4.78, 5) is 14.8. The summed E-state index contributed by atoms with van der Waals surface area (Å²) < 4.78 is 23.2. The molecule has 0 radical (unpaired) electrons. The number of carbonyl (C=O) groups excluding carboxylic acids is 1. The standard InChI is InChI=1S/C15H25NO3S/c1-14(2)12-4-6-15(3,8-12)10-16(14)13(17)11-5-7-20(18,19)9-11/h11-12H,4-10H2,1-3H3/t11?,12-,15+/m0/s1. The van der Waals surface area contributed by atoms with Crippen LogP contribution in [0.25, 0.3) is 0 Å². The average molecular weight is 299 g/mol. The van der Waals surface area contributed by atoms with E-state index in [9.17, 15) is 13.2 Å². The molecule has 0 N–H and O–H groups in total. The van der Waals surface area contributed by atoms with Crippen molar-refractivity contribution in [1.82, 2.24) is 4.90 Å². The molecule has 1 unspecified atom stereocenters. The van der Waals surface area contributed by atoms with E-state index in [2.05, 4.69) is 20.8 Å². The van der Waals surface area contributed by atoms with Crippen LogP contribution < -0.4 is 0 Å². The predicted octanol–water partition coefficient (Wildman–Crippen LogP) is 1.85. The van der Waals surface area contributed by atoms with Crippen LogP contribution in [0.4, 0.5) is 0 Å². The first-order chi connectivity index (χ1) is 9.13. The second kappa shape index (κ2) is 4.21. The quantitative estimate of drug-likeness (QED) is 0.742. The van der Waals surface area contributed by atoms with Crippen molar-refractivity contribution in [1.29, 1.82) is 0 Å². The van der Waals surface area contributed by atoms with Gasteiger partial charge in [-0.25, -0.2) is 8.42 Å². The van der Waals surface area contributed by atoms with Crippen LogP contribution in [0, 0.1) is 17.3 Å². The molecule has 3 aliphatic rings. The summed E-state index contributed by atoms with van der Waals surface area (Å²) in [5.41, 5.74) is 0.118. The highest BCUT2D eigenvalue weighted by atomic mass is 32.2. The molecule has 2 bridgehead atoms. The molecule has 5 heteroatoms. The zero-order valence-electron chi connectivity index (χ0n) is 12.7. The van der Waals surface area contributed by atoms with Crippen molar-refractivity contribution in [2.24, 2.45) is 17.3 Å². The van der Waals surface area contributed by atoms with Gasteiger partial charge in [0.2, 0.25) is 5.91 Å². The molecule has 2 aliphatic heterocycles. The fourth-order valence-electron chi connectivity index (χ4n) is 4.45. The van der Waals surface area contributed by atoms with E-state index in [1.807, 2.05) is 4.90 Å². The van der Waals surface area contributed by atoms with Gasteiger partial charge in [-0.1, -0.05) is 6.92 Å². The Kier molecular flexibility index (Phi) is 3.03. The molecule has 0 spiro atoms. The van der Waals surface area contributed by atoms with Gasteiger partial charge in [0.15, 0.2) is 9.84 Å². The van der Waals surface area contributed by atoms with Gasteiger partial charge in [0, 0.05) is 12.1 Å². The second-order valence-electron chi connectivity index (χ2n) is 7.93. The molecule has 0 aromatic carbocycles. The first-order valence-electron chi connectivity index (χ1n) is 7.65. The molecule has 114 valence electrons. The highest BCUT2D eigenvalue weighted by Gasteiger charge is 2.53. The van der Waals surface area contributed by atoms with E-state index in [4.69, 9.17) is 0 Å². The Balaban J connectivity index is 1.84. The molecule has 1 saturated carbocycles. The number of piperidine rings is 1. The third-order valence-electron chi connectivity index (χ3n) is 5.92. The molecular weight excluding hydrogens is 274 g/mol. The van der Waals surface area contributed by atoms with Crippen molar-refractivity contribution in [3.05, 3.63) is 0 Å². The minimum atomic E-state index is -2.99. The number of nitrogens with zero attached hydrogens (tertiary/aromatic N) is 1. The summed E-state index contributed by atoms with van der Waals surface area (Å²) in [5, 5.41) is 0. The van der Waals surface area contributed by atoms with Crippen molar-refractivity contribution in [2.75, 3.05) is 18.1 Å². The number of carbonyl (C=O) groups is 1. The van der Waals surface area contributed by atoms with E-state index in [1.54, 1.807) is 0 Å². The third-order valence-corrected chi connectivity index (χ3v) is 7.69. The lowest BCUT2D eigenvalue weighted by molar-refractivity contribution is -0.147. The van der Waals surface area contributed by atoms with E-state index in [1.165, 1.54) is 19.3 Å². The van der Waals surface area contributed by atoms with Crippen LogP contribution in [0.2, 0.25) is 0 Å². The van der Waals surface area contributed by atoms with Crippen LogP contribution in [-0.4, -0.2) is 42.8 Å². The number of fused-ring (bicyclic) bond motifs is 2. The van der Waals surface area contributed by atoms with Crippen molar-refractivity contribution in [3.63, 3.8) is 0 Å². The summed E-state index contributed by atoms with van der Waals surface area (Å²) in [6.07, 6.45) is 4.09. The predicted molar refractivity (Wildman–Crippen MR) is 78.0 cm³/mol.